The van der Waals surface area contributed by atoms with E-state index in [1.807, 2.05) is 0 Å². The molecule has 2 saturated heterocycles. The Kier molecular flexibility index (Phi) is 7.01. The average Bonchev–Trinajstić information content (AvgIpc) is 3.24. The van der Waals surface area contributed by atoms with Gasteiger partial charge >= 0.3 is 6.01 Å². The molecule has 2 aromatic heterocycles. The van der Waals surface area contributed by atoms with E-state index in [-0.39, 0.29) is 23.9 Å². The van der Waals surface area contributed by atoms with Crippen LogP contribution in [0.25, 0.3) is 10.7 Å². The Hall–Kier alpha value is -2.57. The number of hydrogen-bond acceptors (Lipinski definition) is 11. The van der Waals surface area contributed by atoms with Crippen molar-refractivity contribution in [2.75, 3.05) is 50.1 Å². The molecule has 0 aromatic carbocycles. The summed E-state index contributed by atoms with van der Waals surface area (Å²) in [7, 11) is 0. The Morgan fingerprint density at radius 2 is 2.12 bits per heavy atom. The third-order valence-corrected chi connectivity index (χ3v) is 6.53. The van der Waals surface area contributed by atoms with E-state index in [1.165, 1.54) is 18.3 Å². The third-order valence-electron chi connectivity index (χ3n) is 5.70. The molecule has 0 saturated carbocycles. The predicted octanol–water partition coefficient (Wildman–Crippen LogP) is 0.801. The van der Waals surface area contributed by atoms with Crippen LogP contribution in [0.5, 0.6) is 6.01 Å². The van der Waals surface area contributed by atoms with Crippen LogP contribution in [0.2, 0.25) is 0 Å². The van der Waals surface area contributed by atoms with Crippen LogP contribution in [0, 0.1) is 5.92 Å². The molecule has 32 heavy (non-hydrogen) atoms. The number of nitrogens with two attached hydrogens (primary N) is 1. The zero-order chi connectivity index (χ0) is 22.7. The number of ether oxygens (including phenoxy) is 2. The first-order valence-electron chi connectivity index (χ1n) is 10.8. The second kappa shape index (κ2) is 9.92. The summed E-state index contributed by atoms with van der Waals surface area (Å²) in [6.45, 7) is 7.13. The zero-order valence-electron chi connectivity index (χ0n) is 18.3. The van der Waals surface area contributed by atoms with E-state index in [0.29, 0.717) is 56.4 Å². The molecule has 2 aliphatic heterocycles. The van der Waals surface area contributed by atoms with Crippen LogP contribution in [0.15, 0.2) is 6.20 Å². The largest absolute Gasteiger partial charge is 0.463 e. The van der Waals surface area contributed by atoms with Gasteiger partial charge in [-0.2, -0.15) is 15.0 Å². The molecule has 2 aromatic rings. The summed E-state index contributed by atoms with van der Waals surface area (Å²) in [4.78, 5) is 34.3. The minimum Gasteiger partial charge on any atom is -0.463 e. The summed E-state index contributed by atoms with van der Waals surface area (Å²) in [5.41, 5.74) is 5.80. The summed E-state index contributed by atoms with van der Waals surface area (Å²) in [6.07, 6.45) is 2.29. The van der Waals surface area contributed by atoms with Crippen LogP contribution in [0.3, 0.4) is 0 Å². The Bertz CT molecular complexity index is 932. The van der Waals surface area contributed by atoms with Gasteiger partial charge in [0, 0.05) is 19.6 Å². The van der Waals surface area contributed by atoms with Gasteiger partial charge in [-0.05, 0) is 32.6 Å². The topological polar surface area (TPSA) is 140 Å². The van der Waals surface area contributed by atoms with Gasteiger partial charge in [0.1, 0.15) is 6.10 Å². The van der Waals surface area contributed by atoms with Crippen molar-refractivity contribution in [3.8, 4) is 16.7 Å². The molecule has 4 heterocycles. The molecule has 11 nitrogen and oxygen atoms in total. The average molecular weight is 464 g/mol. The number of amides is 1. The summed E-state index contributed by atoms with van der Waals surface area (Å²) < 4.78 is 11.5. The number of aliphatic hydroxyl groups excluding tert-OH is 1. The Morgan fingerprint density at radius 3 is 2.78 bits per heavy atom. The van der Waals surface area contributed by atoms with Gasteiger partial charge in [0.05, 0.1) is 36.9 Å². The summed E-state index contributed by atoms with van der Waals surface area (Å²) in [6, 6.07) is 0.396. The maximum absolute atomic E-state index is 12.0. The van der Waals surface area contributed by atoms with Crippen molar-refractivity contribution in [1.29, 1.82) is 0 Å². The quantitative estimate of drug-likeness (QED) is 0.632. The first-order valence-corrected chi connectivity index (χ1v) is 11.6. The SMILES string of the molecule is CC1COCCN1c1nc(OCC2CCN(C(=O)[C@@H](C)O)CC2)nc(-c2cnc(N)s2)n1. The number of carbonyl (C=O) groups is 1. The van der Waals surface area contributed by atoms with E-state index in [2.05, 4.69) is 31.8 Å². The lowest BCUT2D eigenvalue weighted by atomic mass is 9.97. The number of likely N-dealkylation sites (tertiary alicyclic amines) is 1. The fourth-order valence-electron chi connectivity index (χ4n) is 3.84. The number of carbonyl (C=O) groups excluding carboxylic acids is 1. The number of morpholine rings is 1. The number of thiazole rings is 1. The maximum Gasteiger partial charge on any atom is 0.321 e. The lowest BCUT2D eigenvalue weighted by Crippen LogP contribution is -2.44. The lowest BCUT2D eigenvalue weighted by molar-refractivity contribution is -0.140. The van der Waals surface area contributed by atoms with Gasteiger partial charge in [-0.15, -0.1) is 0 Å². The van der Waals surface area contributed by atoms with Crippen LogP contribution < -0.4 is 15.4 Å². The standard InChI is InChI=1S/C20H29N7O4S/c1-12-10-30-8-7-27(12)19-23-16(15-9-22-18(21)32-15)24-20(25-19)31-11-14-3-5-26(6-4-14)17(29)13(2)28/h9,12-14,28H,3-8,10-11H2,1-2H3,(H2,21,22)/t12?,13-/m1/s1. The molecule has 0 bridgehead atoms. The number of nitrogen functional groups attached to an aromatic ring is 1. The van der Waals surface area contributed by atoms with Gasteiger partial charge < -0.3 is 30.1 Å². The first-order chi connectivity index (χ1) is 15.4. The molecular formula is C20H29N7O4S. The van der Waals surface area contributed by atoms with Crippen LogP contribution in [0.1, 0.15) is 26.7 Å². The molecule has 3 N–H and O–H groups in total. The smallest absolute Gasteiger partial charge is 0.321 e. The van der Waals surface area contributed by atoms with E-state index in [1.54, 1.807) is 11.1 Å². The molecule has 1 amide bonds. The van der Waals surface area contributed by atoms with Crippen molar-refractivity contribution in [3.63, 3.8) is 0 Å². The highest BCUT2D eigenvalue weighted by molar-refractivity contribution is 7.18. The fourth-order valence-corrected chi connectivity index (χ4v) is 4.46. The summed E-state index contributed by atoms with van der Waals surface area (Å²) in [5.74, 6) is 1.08. The van der Waals surface area contributed by atoms with Gasteiger partial charge in [-0.1, -0.05) is 11.3 Å². The van der Waals surface area contributed by atoms with Gasteiger partial charge in [0.25, 0.3) is 5.91 Å². The number of nitrogens with zero attached hydrogens (tertiary/aromatic N) is 6. The molecule has 2 atom stereocenters. The number of anilines is 2. The highest BCUT2D eigenvalue weighted by Gasteiger charge is 2.27. The van der Waals surface area contributed by atoms with E-state index < -0.39 is 6.10 Å². The van der Waals surface area contributed by atoms with E-state index in [4.69, 9.17) is 15.2 Å². The number of aliphatic hydroxyl groups is 1. The van der Waals surface area contributed by atoms with Gasteiger partial charge in [0.2, 0.25) is 5.95 Å². The van der Waals surface area contributed by atoms with Crippen molar-refractivity contribution < 1.29 is 19.4 Å². The zero-order valence-corrected chi connectivity index (χ0v) is 19.1. The van der Waals surface area contributed by atoms with Crippen LogP contribution in [-0.4, -0.2) is 87.5 Å². The first kappa shape index (κ1) is 22.6. The van der Waals surface area contributed by atoms with Crippen molar-refractivity contribution in [2.24, 2.45) is 5.92 Å². The number of hydrogen-bond donors (Lipinski definition) is 2. The van der Waals surface area contributed by atoms with Crippen LogP contribution >= 0.6 is 11.3 Å². The van der Waals surface area contributed by atoms with Crippen molar-refractivity contribution in [3.05, 3.63) is 6.20 Å². The predicted molar refractivity (Wildman–Crippen MR) is 119 cm³/mol. The molecule has 2 aliphatic rings. The van der Waals surface area contributed by atoms with E-state index in [9.17, 15) is 9.90 Å². The highest BCUT2D eigenvalue weighted by atomic mass is 32.1. The Labute approximate surface area is 190 Å². The second-order valence-corrected chi connectivity index (χ2v) is 9.24. The second-order valence-electron chi connectivity index (χ2n) is 8.18. The van der Waals surface area contributed by atoms with Gasteiger partial charge in [-0.3, -0.25) is 4.79 Å². The normalized spacial score (nSPS) is 20.9. The Balaban J connectivity index is 1.47. The minimum atomic E-state index is -0.965. The number of rotatable bonds is 6. The molecular weight excluding hydrogens is 434 g/mol. The highest BCUT2D eigenvalue weighted by Crippen LogP contribution is 2.28. The molecule has 174 valence electrons. The Morgan fingerprint density at radius 1 is 1.34 bits per heavy atom. The monoisotopic (exact) mass is 463 g/mol. The molecule has 0 aliphatic carbocycles. The van der Waals surface area contributed by atoms with Crippen LogP contribution in [0.4, 0.5) is 11.1 Å². The molecule has 0 spiro atoms. The van der Waals surface area contributed by atoms with E-state index in [0.717, 1.165) is 17.7 Å². The molecule has 0 radical (unpaired) electrons. The number of piperidine rings is 1. The third kappa shape index (κ3) is 5.25. The number of aromatic nitrogens is 4. The van der Waals surface area contributed by atoms with Crippen molar-refractivity contribution in [1.82, 2.24) is 24.8 Å². The molecule has 4 rings (SSSR count). The molecule has 12 heteroatoms. The van der Waals surface area contributed by atoms with Gasteiger partial charge in [-0.25, -0.2) is 4.98 Å². The van der Waals surface area contributed by atoms with Crippen LogP contribution in [-0.2, 0) is 9.53 Å². The van der Waals surface area contributed by atoms with Crippen molar-refractivity contribution in [2.45, 2.75) is 38.8 Å². The van der Waals surface area contributed by atoms with Crippen molar-refractivity contribution >= 4 is 28.3 Å². The molecule has 2 fully saturated rings. The lowest BCUT2D eigenvalue weighted by Gasteiger charge is -2.33. The maximum atomic E-state index is 12.0. The van der Waals surface area contributed by atoms with Gasteiger partial charge in [0.15, 0.2) is 11.0 Å². The minimum absolute atomic E-state index is 0.133. The summed E-state index contributed by atoms with van der Waals surface area (Å²) in [5, 5.41) is 9.95. The fraction of sp³-hybridized carbons (Fsp3) is 0.650. The summed E-state index contributed by atoms with van der Waals surface area (Å²) >= 11 is 1.31. The van der Waals surface area contributed by atoms with E-state index >= 15 is 0 Å². The molecule has 1 unspecified atom stereocenters.